The molecule has 5 heteroatoms. The van der Waals surface area contributed by atoms with Crippen molar-refractivity contribution in [3.63, 3.8) is 0 Å². The van der Waals surface area contributed by atoms with Gasteiger partial charge in [-0.2, -0.15) is 0 Å². The number of anilines is 1. The number of fused-ring (bicyclic) bond motifs is 1. The van der Waals surface area contributed by atoms with Crippen molar-refractivity contribution >= 4 is 11.6 Å². The van der Waals surface area contributed by atoms with Crippen molar-refractivity contribution in [2.45, 2.75) is 39.8 Å². The lowest BCUT2D eigenvalue weighted by Gasteiger charge is -2.28. The SMILES string of the molecule is C=C.CC.COC(/C=C/CN1C(=O)CCc2ccccc21)=C/CN1CCNC1C. The van der Waals surface area contributed by atoms with E-state index in [0.717, 1.165) is 37.5 Å². The highest BCUT2D eigenvalue weighted by Crippen LogP contribution is 2.27. The molecular formula is C24H37N3O2. The minimum Gasteiger partial charge on any atom is -0.497 e. The Balaban J connectivity index is 0.000000989. The van der Waals surface area contributed by atoms with Crippen LogP contribution in [0.25, 0.3) is 0 Å². The summed E-state index contributed by atoms with van der Waals surface area (Å²) < 4.78 is 5.45. The van der Waals surface area contributed by atoms with Crippen molar-refractivity contribution in [2.75, 3.05) is 38.2 Å². The molecule has 2 heterocycles. The molecule has 1 fully saturated rings. The van der Waals surface area contributed by atoms with E-state index in [0.29, 0.717) is 19.1 Å². The van der Waals surface area contributed by atoms with Gasteiger partial charge in [-0.1, -0.05) is 38.1 Å². The van der Waals surface area contributed by atoms with Crippen LogP contribution in [0.4, 0.5) is 5.69 Å². The summed E-state index contributed by atoms with van der Waals surface area (Å²) >= 11 is 0. The lowest BCUT2D eigenvalue weighted by atomic mass is 10.0. The number of carbonyl (C=O) groups is 1. The van der Waals surface area contributed by atoms with Crippen LogP contribution in [0.5, 0.6) is 0 Å². The Morgan fingerprint density at radius 3 is 2.62 bits per heavy atom. The first kappa shape index (κ1) is 24.7. The molecule has 5 nitrogen and oxygen atoms in total. The Bertz CT molecular complexity index is 684. The van der Waals surface area contributed by atoms with Crippen molar-refractivity contribution in [1.82, 2.24) is 10.2 Å². The molecule has 1 amide bonds. The molecule has 2 aliphatic heterocycles. The van der Waals surface area contributed by atoms with Crippen LogP contribution in [-0.2, 0) is 16.0 Å². The van der Waals surface area contributed by atoms with Gasteiger partial charge in [-0.15, -0.1) is 13.2 Å². The predicted molar refractivity (Wildman–Crippen MR) is 123 cm³/mol. The molecule has 0 radical (unpaired) electrons. The minimum atomic E-state index is 0.184. The van der Waals surface area contributed by atoms with Crippen LogP contribution in [0.15, 0.2) is 61.4 Å². The van der Waals surface area contributed by atoms with Gasteiger partial charge in [-0.05, 0) is 37.1 Å². The van der Waals surface area contributed by atoms with Gasteiger partial charge in [0.2, 0.25) is 5.91 Å². The fraction of sp³-hybridized carbons (Fsp3) is 0.458. The third kappa shape index (κ3) is 7.18. The second-order valence-electron chi connectivity index (χ2n) is 6.47. The highest BCUT2D eigenvalue weighted by Gasteiger charge is 2.22. The van der Waals surface area contributed by atoms with Gasteiger partial charge in [0.1, 0.15) is 5.76 Å². The summed E-state index contributed by atoms with van der Waals surface area (Å²) in [5.41, 5.74) is 2.27. The van der Waals surface area contributed by atoms with Crippen LogP contribution in [0, 0.1) is 0 Å². The van der Waals surface area contributed by atoms with Gasteiger partial charge in [0.25, 0.3) is 0 Å². The molecule has 160 valence electrons. The van der Waals surface area contributed by atoms with Gasteiger partial charge in [0, 0.05) is 38.3 Å². The van der Waals surface area contributed by atoms with E-state index in [2.05, 4.69) is 42.4 Å². The molecule has 1 atom stereocenters. The van der Waals surface area contributed by atoms with Crippen LogP contribution in [0.2, 0.25) is 0 Å². The Morgan fingerprint density at radius 1 is 1.24 bits per heavy atom. The van der Waals surface area contributed by atoms with E-state index in [1.54, 1.807) is 7.11 Å². The summed E-state index contributed by atoms with van der Waals surface area (Å²) in [4.78, 5) is 16.5. The van der Waals surface area contributed by atoms with Gasteiger partial charge < -0.3 is 15.0 Å². The Hall–Kier alpha value is -2.37. The first-order chi connectivity index (χ1) is 14.2. The first-order valence-corrected chi connectivity index (χ1v) is 10.5. The molecular weight excluding hydrogens is 362 g/mol. The van der Waals surface area contributed by atoms with E-state index in [4.69, 9.17) is 4.74 Å². The maximum atomic E-state index is 12.3. The minimum absolute atomic E-state index is 0.184. The molecule has 1 N–H and O–H groups in total. The molecule has 1 aromatic rings. The van der Waals surface area contributed by atoms with Gasteiger partial charge in [0.15, 0.2) is 0 Å². The topological polar surface area (TPSA) is 44.8 Å². The molecule has 0 spiro atoms. The number of para-hydroxylation sites is 1. The van der Waals surface area contributed by atoms with Crippen LogP contribution >= 0.6 is 0 Å². The quantitative estimate of drug-likeness (QED) is 0.444. The fourth-order valence-corrected chi connectivity index (χ4v) is 3.39. The van der Waals surface area contributed by atoms with Crippen molar-refractivity contribution in [3.05, 3.63) is 67.0 Å². The number of hydrogen-bond acceptors (Lipinski definition) is 4. The van der Waals surface area contributed by atoms with Crippen LogP contribution in [0.1, 0.15) is 32.8 Å². The highest BCUT2D eigenvalue weighted by molar-refractivity contribution is 5.96. The van der Waals surface area contributed by atoms with E-state index >= 15 is 0 Å². The number of methoxy groups -OCH3 is 1. The second-order valence-corrected chi connectivity index (χ2v) is 6.47. The number of carbonyl (C=O) groups excluding carboxylic acids is 1. The van der Waals surface area contributed by atoms with Crippen LogP contribution in [0.3, 0.4) is 0 Å². The number of nitrogens with one attached hydrogen (secondary N) is 1. The van der Waals surface area contributed by atoms with Crippen molar-refractivity contribution in [3.8, 4) is 0 Å². The van der Waals surface area contributed by atoms with E-state index in [-0.39, 0.29) is 5.91 Å². The lowest BCUT2D eigenvalue weighted by molar-refractivity contribution is -0.118. The predicted octanol–water partition coefficient (Wildman–Crippen LogP) is 4.13. The van der Waals surface area contributed by atoms with Gasteiger partial charge in [-0.25, -0.2) is 0 Å². The Kier molecular flexibility index (Phi) is 11.7. The standard InChI is InChI=1S/C20H27N3O2.C2H6.C2H4/c1-16-21-12-15-22(16)14-11-18(25-2)7-5-13-23-19-8-4-3-6-17(19)9-10-20(23)24;2*1-2/h3-8,11,16,21H,9-10,12-15H2,1-2H3;1-2H3;1-2H2/b7-5+,18-11+;;. The number of amides is 1. The lowest BCUT2D eigenvalue weighted by Crippen LogP contribution is -2.35. The normalized spacial score (nSPS) is 19.2. The summed E-state index contributed by atoms with van der Waals surface area (Å²) in [5, 5.41) is 3.41. The third-order valence-electron chi connectivity index (χ3n) is 4.91. The van der Waals surface area contributed by atoms with Gasteiger partial charge in [0.05, 0.1) is 13.3 Å². The molecule has 1 saturated heterocycles. The van der Waals surface area contributed by atoms with Crippen molar-refractivity contribution in [2.24, 2.45) is 0 Å². The maximum Gasteiger partial charge on any atom is 0.227 e. The fourth-order valence-electron chi connectivity index (χ4n) is 3.39. The Morgan fingerprint density at radius 2 is 1.97 bits per heavy atom. The Labute approximate surface area is 176 Å². The number of rotatable bonds is 6. The summed E-state index contributed by atoms with van der Waals surface area (Å²) in [6.07, 6.45) is 7.87. The second kappa shape index (κ2) is 13.7. The first-order valence-electron chi connectivity index (χ1n) is 10.5. The van der Waals surface area contributed by atoms with Crippen LogP contribution in [-0.4, -0.2) is 50.3 Å². The van der Waals surface area contributed by atoms with E-state index in [1.165, 1.54) is 5.56 Å². The monoisotopic (exact) mass is 399 g/mol. The van der Waals surface area contributed by atoms with Crippen LogP contribution < -0.4 is 10.2 Å². The zero-order valence-corrected chi connectivity index (χ0v) is 18.5. The molecule has 0 saturated carbocycles. The smallest absolute Gasteiger partial charge is 0.227 e. The average Bonchev–Trinajstić information content (AvgIpc) is 3.19. The number of aryl methyl sites for hydroxylation is 1. The van der Waals surface area contributed by atoms with Gasteiger partial charge in [-0.3, -0.25) is 9.69 Å². The molecule has 0 aliphatic carbocycles. The summed E-state index contributed by atoms with van der Waals surface area (Å²) in [6, 6.07) is 8.14. The number of nitrogens with zero attached hydrogens (tertiary/aromatic N) is 2. The largest absolute Gasteiger partial charge is 0.497 e. The summed E-state index contributed by atoms with van der Waals surface area (Å²) in [5.74, 6) is 1.01. The number of ether oxygens (including phenoxy) is 1. The molecule has 3 rings (SSSR count). The molecule has 1 unspecified atom stereocenters. The summed E-state index contributed by atoms with van der Waals surface area (Å²) in [6.45, 7) is 15.7. The number of benzene rings is 1. The number of hydrogen-bond donors (Lipinski definition) is 1. The average molecular weight is 400 g/mol. The summed E-state index contributed by atoms with van der Waals surface area (Å²) in [7, 11) is 1.68. The third-order valence-corrected chi connectivity index (χ3v) is 4.91. The van der Waals surface area contributed by atoms with E-state index < -0.39 is 0 Å². The van der Waals surface area contributed by atoms with E-state index in [9.17, 15) is 4.79 Å². The molecule has 0 aromatic heterocycles. The maximum absolute atomic E-state index is 12.3. The molecule has 0 bridgehead atoms. The van der Waals surface area contributed by atoms with Gasteiger partial charge >= 0.3 is 0 Å². The van der Waals surface area contributed by atoms with Crippen molar-refractivity contribution in [1.29, 1.82) is 0 Å². The number of allylic oxidation sites excluding steroid dienone is 1. The zero-order valence-electron chi connectivity index (χ0n) is 18.5. The molecule has 2 aliphatic rings. The van der Waals surface area contributed by atoms with Crippen molar-refractivity contribution < 1.29 is 9.53 Å². The molecule has 1 aromatic carbocycles. The zero-order chi connectivity index (χ0) is 21.6. The van der Waals surface area contributed by atoms with E-state index in [1.807, 2.05) is 49.1 Å². The highest BCUT2D eigenvalue weighted by atomic mass is 16.5. The molecule has 29 heavy (non-hydrogen) atoms.